The van der Waals surface area contributed by atoms with Crippen molar-refractivity contribution >= 4 is 21.1 Å². The average molecular weight is 296 g/mol. The Morgan fingerprint density at radius 2 is 1.95 bits per heavy atom. The van der Waals surface area contributed by atoms with Crippen molar-refractivity contribution < 1.29 is 34.9 Å². The van der Waals surface area contributed by atoms with Gasteiger partial charge in [-0.25, -0.2) is 0 Å². The van der Waals surface area contributed by atoms with Crippen LogP contribution < -0.4 is 8.92 Å². The number of hydrogen-bond acceptors (Lipinski definition) is 5. The van der Waals surface area contributed by atoms with Crippen molar-refractivity contribution in [3.8, 4) is 11.5 Å². The molecular weight excluding hydrogens is 289 g/mol. The van der Waals surface area contributed by atoms with Gasteiger partial charge in [0, 0.05) is 6.07 Å². The van der Waals surface area contributed by atoms with E-state index in [0.29, 0.717) is 5.75 Å². The van der Waals surface area contributed by atoms with Gasteiger partial charge in [-0.2, -0.15) is 21.6 Å². The van der Waals surface area contributed by atoms with Gasteiger partial charge in [-0.05, 0) is 12.1 Å². The molecule has 0 aliphatic carbocycles. The lowest BCUT2D eigenvalue weighted by Gasteiger charge is -2.07. The lowest BCUT2D eigenvalue weighted by Crippen LogP contribution is -2.27. The van der Waals surface area contributed by atoms with Crippen LogP contribution in [0.1, 0.15) is 0 Å². The summed E-state index contributed by atoms with van der Waals surface area (Å²) in [5.41, 5.74) is -5.35. The molecule has 0 bridgehead atoms. The number of hydrogen-bond donors (Lipinski definition) is 0. The zero-order valence-electron chi connectivity index (χ0n) is 9.39. The summed E-state index contributed by atoms with van der Waals surface area (Å²) in [6.07, 6.45) is 0.785. The Bertz CT molecular complexity index is 702. The second kappa shape index (κ2) is 4.34. The van der Waals surface area contributed by atoms with E-state index in [2.05, 4.69) is 4.18 Å². The van der Waals surface area contributed by atoms with Gasteiger partial charge in [0.25, 0.3) is 0 Å². The van der Waals surface area contributed by atoms with Gasteiger partial charge in [0.2, 0.25) is 0 Å². The molecule has 9 heteroatoms. The second-order valence-electron chi connectivity index (χ2n) is 3.45. The SMILES string of the molecule is COc1ccc2c(OS(=O)(=O)C(F)(F)F)coc2c1. The largest absolute Gasteiger partial charge is 0.534 e. The Morgan fingerprint density at radius 3 is 2.53 bits per heavy atom. The highest BCUT2D eigenvalue weighted by atomic mass is 32.2. The number of halogens is 3. The van der Waals surface area contributed by atoms with Crippen LogP contribution in [0.4, 0.5) is 13.2 Å². The van der Waals surface area contributed by atoms with Crippen LogP contribution in [-0.4, -0.2) is 21.0 Å². The number of rotatable bonds is 3. The van der Waals surface area contributed by atoms with Crippen molar-refractivity contribution in [2.24, 2.45) is 0 Å². The van der Waals surface area contributed by atoms with Crippen molar-refractivity contribution in [3.05, 3.63) is 24.5 Å². The van der Waals surface area contributed by atoms with Gasteiger partial charge in [-0.3, -0.25) is 0 Å². The maximum absolute atomic E-state index is 12.2. The van der Waals surface area contributed by atoms with Gasteiger partial charge in [0.1, 0.15) is 17.6 Å². The maximum atomic E-state index is 12.2. The summed E-state index contributed by atoms with van der Waals surface area (Å²) < 4.78 is 72.1. The smallest absolute Gasteiger partial charge is 0.497 e. The van der Waals surface area contributed by atoms with Gasteiger partial charge in [-0.15, -0.1) is 0 Å². The topological polar surface area (TPSA) is 65.7 Å². The predicted octanol–water partition coefficient (Wildman–Crippen LogP) is 2.67. The van der Waals surface area contributed by atoms with Crippen LogP contribution in [0.15, 0.2) is 28.9 Å². The molecule has 0 spiro atoms. The summed E-state index contributed by atoms with van der Waals surface area (Å²) in [6, 6.07) is 4.16. The van der Waals surface area contributed by atoms with Gasteiger partial charge in [0.05, 0.1) is 12.5 Å². The van der Waals surface area contributed by atoms with Crippen molar-refractivity contribution in [1.29, 1.82) is 0 Å². The molecule has 0 N–H and O–H groups in total. The van der Waals surface area contributed by atoms with E-state index < -0.39 is 21.4 Å². The monoisotopic (exact) mass is 296 g/mol. The fraction of sp³-hybridized carbons (Fsp3) is 0.200. The zero-order chi connectivity index (χ0) is 14.3. The Kier molecular flexibility index (Phi) is 3.09. The molecule has 19 heavy (non-hydrogen) atoms. The van der Waals surface area contributed by atoms with E-state index in [1.54, 1.807) is 0 Å². The fourth-order valence-corrected chi connectivity index (χ4v) is 1.80. The number of ether oxygens (including phenoxy) is 1. The zero-order valence-corrected chi connectivity index (χ0v) is 10.2. The number of fused-ring (bicyclic) bond motifs is 1. The molecule has 1 aromatic heterocycles. The van der Waals surface area contributed by atoms with E-state index in [1.807, 2.05) is 0 Å². The fourth-order valence-electron chi connectivity index (χ4n) is 1.34. The highest BCUT2D eigenvalue weighted by molar-refractivity contribution is 7.88. The molecule has 2 aromatic rings. The summed E-state index contributed by atoms with van der Waals surface area (Å²) >= 11 is 0. The van der Waals surface area contributed by atoms with E-state index >= 15 is 0 Å². The Balaban J connectivity index is 2.43. The third kappa shape index (κ3) is 2.46. The first-order valence-corrected chi connectivity index (χ1v) is 6.21. The van der Waals surface area contributed by atoms with E-state index in [0.717, 1.165) is 6.26 Å². The summed E-state index contributed by atoms with van der Waals surface area (Å²) in [5, 5.41) is 0.0913. The predicted molar refractivity (Wildman–Crippen MR) is 58.4 cm³/mol. The molecule has 0 amide bonds. The van der Waals surface area contributed by atoms with Crippen LogP contribution in [0, 0.1) is 0 Å². The molecular formula is C10H7F3O5S. The van der Waals surface area contributed by atoms with Crippen LogP contribution in [-0.2, 0) is 10.1 Å². The Labute approximate surface area is 105 Å². The quantitative estimate of drug-likeness (QED) is 0.643. The van der Waals surface area contributed by atoms with Crippen LogP contribution in [0.3, 0.4) is 0 Å². The van der Waals surface area contributed by atoms with E-state index in [-0.39, 0.29) is 11.0 Å². The minimum absolute atomic E-state index is 0.0913. The minimum atomic E-state index is -5.72. The van der Waals surface area contributed by atoms with Crippen molar-refractivity contribution in [3.63, 3.8) is 0 Å². The van der Waals surface area contributed by atoms with Crippen LogP contribution in [0.25, 0.3) is 11.0 Å². The third-order valence-corrected chi connectivity index (χ3v) is 3.20. The summed E-state index contributed by atoms with van der Waals surface area (Å²) in [5.74, 6) is -0.123. The normalized spacial score (nSPS) is 12.6. The van der Waals surface area contributed by atoms with Crippen LogP contribution in [0.5, 0.6) is 11.5 Å². The van der Waals surface area contributed by atoms with Crippen LogP contribution in [0.2, 0.25) is 0 Å². The number of furan rings is 1. The molecule has 2 rings (SSSR count). The lowest BCUT2D eigenvalue weighted by atomic mass is 10.2. The average Bonchev–Trinajstić information content (AvgIpc) is 2.69. The lowest BCUT2D eigenvalue weighted by molar-refractivity contribution is -0.0499. The standard InChI is InChI=1S/C10H7F3O5S/c1-16-6-2-3-7-8(4-6)17-5-9(7)18-19(14,15)10(11,12)13/h2-5H,1H3. The van der Waals surface area contributed by atoms with E-state index in [9.17, 15) is 21.6 Å². The summed E-state index contributed by atoms with van der Waals surface area (Å²) in [6.45, 7) is 0. The first kappa shape index (κ1) is 13.5. The molecule has 5 nitrogen and oxygen atoms in total. The van der Waals surface area contributed by atoms with Crippen LogP contribution >= 0.6 is 0 Å². The number of alkyl halides is 3. The minimum Gasteiger partial charge on any atom is -0.497 e. The van der Waals surface area contributed by atoms with Crippen molar-refractivity contribution in [2.75, 3.05) is 7.11 Å². The first-order valence-electron chi connectivity index (χ1n) is 4.80. The highest BCUT2D eigenvalue weighted by Crippen LogP contribution is 2.34. The highest BCUT2D eigenvalue weighted by Gasteiger charge is 2.48. The first-order chi connectivity index (χ1) is 8.74. The molecule has 0 atom stereocenters. The maximum Gasteiger partial charge on any atom is 0.534 e. The van der Waals surface area contributed by atoms with Crippen molar-refractivity contribution in [2.45, 2.75) is 5.51 Å². The molecule has 0 aliphatic heterocycles. The molecule has 0 saturated heterocycles. The molecule has 0 saturated carbocycles. The van der Waals surface area contributed by atoms with Crippen molar-refractivity contribution in [1.82, 2.24) is 0 Å². The molecule has 0 unspecified atom stereocenters. The number of methoxy groups -OCH3 is 1. The molecule has 0 aliphatic rings. The molecule has 1 aromatic carbocycles. The van der Waals surface area contributed by atoms with E-state index in [4.69, 9.17) is 9.15 Å². The molecule has 0 radical (unpaired) electrons. The molecule has 0 fully saturated rings. The Morgan fingerprint density at radius 1 is 1.26 bits per heavy atom. The molecule has 1 heterocycles. The van der Waals surface area contributed by atoms with Gasteiger partial charge in [-0.1, -0.05) is 0 Å². The summed E-state index contributed by atoms with van der Waals surface area (Å²) in [7, 11) is -4.32. The van der Waals surface area contributed by atoms with Gasteiger partial charge < -0.3 is 13.3 Å². The van der Waals surface area contributed by atoms with Gasteiger partial charge in [0.15, 0.2) is 5.75 Å². The van der Waals surface area contributed by atoms with Gasteiger partial charge >= 0.3 is 15.6 Å². The third-order valence-electron chi connectivity index (χ3n) is 2.23. The second-order valence-corrected chi connectivity index (χ2v) is 4.98. The van der Waals surface area contributed by atoms with E-state index in [1.165, 1.54) is 25.3 Å². The Hall–Kier alpha value is -1.90. The number of benzene rings is 1. The summed E-state index contributed by atoms with van der Waals surface area (Å²) in [4.78, 5) is 0. The molecule has 104 valence electrons.